The van der Waals surface area contributed by atoms with Crippen LogP contribution in [0.4, 0.5) is 11.4 Å². The van der Waals surface area contributed by atoms with Gasteiger partial charge in [-0.25, -0.2) is 0 Å². The van der Waals surface area contributed by atoms with E-state index in [1.54, 1.807) is 0 Å². The summed E-state index contributed by atoms with van der Waals surface area (Å²) in [5, 5.41) is 3.03. The second kappa shape index (κ2) is 11.9. The van der Waals surface area contributed by atoms with Crippen LogP contribution in [0.5, 0.6) is 11.5 Å². The lowest BCUT2D eigenvalue weighted by Crippen LogP contribution is -2.22. The molecule has 1 aliphatic heterocycles. The SMILES string of the molecule is CCOc1cc2c(cc1OCC)C(C(=Nc1ccc(CN(CC)CC)cc1)c1ccccc1)C(=O)N2. The van der Waals surface area contributed by atoms with Crippen LogP contribution in [0.25, 0.3) is 0 Å². The van der Waals surface area contributed by atoms with Crippen molar-refractivity contribution in [3.05, 3.63) is 83.4 Å². The molecule has 36 heavy (non-hydrogen) atoms. The average molecular weight is 486 g/mol. The first kappa shape index (κ1) is 25.5. The highest BCUT2D eigenvalue weighted by Gasteiger charge is 2.36. The second-order valence-corrected chi connectivity index (χ2v) is 8.67. The van der Waals surface area contributed by atoms with Crippen LogP contribution < -0.4 is 14.8 Å². The van der Waals surface area contributed by atoms with E-state index in [0.717, 1.165) is 42.1 Å². The number of fused-ring (bicyclic) bond motifs is 1. The third-order valence-electron chi connectivity index (χ3n) is 6.38. The van der Waals surface area contributed by atoms with Crippen molar-refractivity contribution in [2.75, 3.05) is 31.6 Å². The fourth-order valence-corrected chi connectivity index (χ4v) is 4.50. The largest absolute Gasteiger partial charge is 0.490 e. The Balaban J connectivity index is 1.76. The first-order chi connectivity index (χ1) is 17.6. The molecule has 188 valence electrons. The van der Waals surface area contributed by atoms with E-state index in [4.69, 9.17) is 14.5 Å². The topological polar surface area (TPSA) is 63.2 Å². The fourth-order valence-electron chi connectivity index (χ4n) is 4.50. The molecule has 3 aromatic carbocycles. The molecule has 1 unspecified atom stereocenters. The summed E-state index contributed by atoms with van der Waals surface area (Å²) in [5.74, 6) is 0.586. The molecule has 6 heteroatoms. The number of ether oxygens (including phenoxy) is 2. The maximum Gasteiger partial charge on any atom is 0.238 e. The highest BCUT2D eigenvalue weighted by Crippen LogP contribution is 2.43. The first-order valence-electron chi connectivity index (χ1n) is 12.8. The fraction of sp³-hybridized carbons (Fsp3) is 0.333. The maximum absolute atomic E-state index is 13.3. The molecule has 1 amide bonds. The zero-order valence-corrected chi connectivity index (χ0v) is 21.6. The van der Waals surface area contributed by atoms with Crippen molar-refractivity contribution in [2.45, 2.75) is 40.2 Å². The number of carbonyl (C=O) groups is 1. The van der Waals surface area contributed by atoms with E-state index >= 15 is 0 Å². The standard InChI is InChI=1S/C30H35N3O3/c1-5-33(6-2)20-21-14-16-23(17-15-21)31-29(22-12-10-9-11-13-22)28-24-18-26(35-7-3)27(36-8-4)19-25(24)32-30(28)34/h9-19,28H,5-8,20H2,1-4H3,(H,32,34). The van der Waals surface area contributed by atoms with Crippen LogP contribution in [0.2, 0.25) is 0 Å². The predicted molar refractivity (Wildman–Crippen MR) is 146 cm³/mol. The Bertz CT molecular complexity index is 1200. The van der Waals surface area contributed by atoms with Crippen LogP contribution in [-0.2, 0) is 11.3 Å². The molecule has 0 bridgehead atoms. The van der Waals surface area contributed by atoms with Crippen molar-refractivity contribution < 1.29 is 14.3 Å². The summed E-state index contributed by atoms with van der Waals surface area (Å²) < 4.78 is 11.6. The molecule has 0 saturated carbocycles. The molecule has 1 aliphatic rings. The summed E-state index contributed by atoms with van der Waals surface area (Å²) in [7, 11) is 0. The van der Waals surface area contributed by atoms with E-state index in [0.29, 0.717) is 30.4 Å². The molecule has 0 aromatic heterocycles. The Hall–Kier alpha value is -3.64. The molecule has 3 aromatic rings. The Labute approximate surface area is 214 Å². The van der Waals surface area contributed by atoms with Gasteiger partial charge < -0.3 is 14.8 Å². The van der Waals surface area contributed by atoms with Crippen LogP contribution in [0.1, 0.15) is 50.3 Å². The van der Waals surface area contributed by atoms with Crippen LogP contribution in [0, 0.1) is 0 Å². The van der Waals surface area contributed by atoms with Crippen molar-refractivity contribution in [3.8, 4) is 11.5 Å². The minimum atomic E-state index is -0.562. The van der Waals surface area contributed by atoms with Crippen LogP contribution in [0.3, 0.4) is 0 Å². The summed E-state index contributed by atoms with van der Waals surface area (Å²) in [6.45, 7) is 12.2. The lowest BCUT2D eigenvalue weighted by Gasteiger charge is -2.18. The zero-order valence-electron chi connectivity index (χ0n) is 21.6. The Morgan fingerprint density at radius 2 is 1.53 bits per heavy atom. The summed E-state index contributed by atoms with van der Waals surface area (Å²) in [6, 6.07) is 21.9. The molecule has 0 aliphatic carbocycles. The Kier molecular flexibility index (Phi) is 8.39. The van der Waals surface area contributed by atoms with E-state index in [1.807, 2.05) is 68.4 Å². The van der Waals surface area contributed by atoms with Crippen LogP contribution >= 0.6 is 0 Å². The molecule has 1 atom stereocenters. The molecule has 0 fully saturated rings. The number of nitrogens with one attached hydrogen (secondary N) is 1. The normalized spacial score (nSPS) is 15.1. The molecule has 1 N–H and O–H groups in total. The molecule has 0 saturated heterocycles. The Morgan fingerprint density at radius 1 is 0.889 bits per heavy atom. The highest BCUT2D eigenvalue weighted by molar-refractivity contribution is 6.24. The number of benzene rings is 3. The highest BCUT2D eigenvalue weighted by atomic mass is 16.5. The molecule has 1 heterocycles. The van der Waals surface area contributed by atoms with Gasteiger partial charge in [-0.05, 0) is 61.8 Å². The van der Waals surface area contributed by atoms with Crippen LogP contribution in [0.15, 0.2) is 71.7 Å². The van der Waals surface area contributed by atoms with Gasteiger partial charge in [0.1, 0.15) is 5.92 Å². The van der Waals surface area contributed by atoms with Gasteiger partial charge in [0, 0.05) is 18.3 Å². The summed E-state index contributed by atoms with van der Waals surface area (Å²) in [4.78, 5) is 20.7. The van der Waals surface area contributed by atoms with Crippen molar-refractivity contribution in [1.82, 2.24) is 4.90 Å². The predicted octanol–water partition coefficient (Wildman–Crippen LogP) is 6.18. The number of hydrogen-bond acceptors (Lipinski definition) is 5. The number of nitrogens with zero attached hydrogens (tertiary/aromatic N) is 2. The number of carbonyl (C=O) groups excluding carboxylic acids is 1. The minimum absolute atomic E-state index is 0.109. The van der Waals surface area contributed by atoms with Crippen LogP contribution in [-0.4, -0.2) is 42.8 Å². The molecule has 0 radical (unpaired) electrons. The van der Waals surface area contributed by atoms with Gasteiger partial charge in [0.2, 0.25) is 5.91 Å². The lowest BCUT2D eigenvalue weighted by molar-refractivity contribution is -0.115. The number of hydrogen-bond donors (Lipinski definition) is 1. The number of aliphatic imine (C=N–C) groups is 1. The van der Waals surface area contributed by atoms with Gasteiger partial charge >= 0.3 is 0 Å². The maximum atomic E-state index is 13.3. The molecule has 0 spiro atoms. The molecule has 6 nitrogen and oxygen atoms in total. The van der Waals surface area contributed by atoms with Gasteiger partial charge in [0.25, 0.3) is 0 Å². The molecular formula is C30H35N3O3. The number of rotatable bonds is 11. The summed E-state index contributed by atoms with van der Waals surface area (Å²) >= 11 is 0. The zero-order chi connectivity index (χ0) is 25.5. The Morgan fingerprint density at radius 3 is 2.14 bits per heavy atom. The van der Waals surface area contributed by atoms with Crippen molar-refractivity contribution >= 4 is 23.0 Å². The summed E-state index contributed by atoms with van der Waals surface area (Å²) in [6.07, 6.45) is 0. The number of anilines is 1. The van der Waals surface area contributed by atoms with Crippen molar-refractivity contribution in [1.29, 1.82) is 0 Å². The van der Waals surface area contributed by atoms with E-state index in [-0.39, 0.29) is 5.91 Å². The quantitative estimate of drug-likeness (QED) is 0.329. The van der Waals surface area contributed by atoms with E-state index in [2.05, 4.69) is 36.2 Å². The molecule has 4 rings (SSSR count). The van der Waals surface area contributed by atoms with Gasteiger partial charge in [-0.1, -0.05) is 56.3 Å². The first-order valence-corrected chi connectivity index (χ1v) is 12.8. The smallest absolute Gasteiger partial charge is 0.238 e. The van der Waals surface area contributed by atoms with Gasteiger partial charge in [-0.15, -0.1) is 0 Å². The van der Waals surface area contributed by atoms with Gasteiger partial charge in [0.15, 0.2) is 11.5 Å². The summed E-state index contributed by atoms with van der Waals surface area (Å²) in [5.41, 5.74) is 5.24. The van der Waals surface area contributed by atoms with Gasteiger partial charge in [0.05, 0.1) is 24.6 Å². The average Bonchev–Trinajstić information content (AvgIpc) is 3.22. The third kappa shape index (κ3) is 5.60. The lowest BCUT2D eigenvalue weighted by atomic mass is 9.90. The van der Waals surface area contributed by atoms with E-state index in [1.165, 1.54) is 5.56 Å². The monoisotopic (exact) mass is 485 g/mol. The van der Waals surface area contributed by atoms with Gasteiger partial charge in [-0.3, -0.25) is 14.7 Å². The minimum Gasteiger partial charge on any atom is -0.490 e. The van der Waals surface area contributed by atoms with E-state index < -0.39 is 5.92 Å². The van der Waals surface area contributed by atoms with Crippen molar-refractivity contribution in [3.63, 3.8) is 0 Å². The van der Waals surface area contributed by atoms with Gasteiger partial charge in [-0.2, -0.15) is 0 Å². The third-order valence-corrected chi connectivity index (χ3v) is 6.38. The second-order valence-electron chi connectivity index (χ2n) is 8.67. The molecular weight excluding hydrogens is 450 g/mol. The van der Waals surface area contributed by atoms with Crippen molar-refractivity contribution in [2.24, 2.45) is 4.99 Å². The van der Waals surface area contributed by atoms with E-state index in [9.17, 15) is 4.79 Å². The number of amides is 1.